The monoisotopic (exact) mass is 637 g/mol. The summed E-state index contributed by atoms with van der Waals surface area (Å²) < 4.78 is 0. The van der Waals surface area contributed by atoms with Crippen molar-refractivity contribution in [2.24, 2.45) is 4.99 Å². The number of aromatic amines is 2. The van der Waals surface area contributed by atoms with Crippen LogP contribution in [0.3, 0.4) is 0 Å². The van der Waals surface area contributed by atoms with E-state index in [0.29, 0.717) is 0 Å². The number of carbonyl (C=O) groups is 3. The lowest BCUT2D eigenvalue weighted by Crippen LogP contribution is -2.25. The Balaban J connectivity index is 0.000000427. The van der Waals surface area contributed by atoms with Crippen LogP contribution in [-0.2, 0) is 27.2 Å². The zero-order valence-electron chi connectivity index (χ0n) is 30.0. The van der Waals surface area contributed by atoms with Gasteiger partial charge < -0.3 is 20.6 Å². The molecule has 3 aliphatic rings. The standard InChI is InChI=1S/C31H38N4O2.C8H13NO/c1-9-20-16(5)24(13-28-22(11-3)18(7)30(36)34-28)32-26(20)15-27-21(10-2)17(6)25(33-27)14-29-23(12-4)19(8)31(37)35-29;1-4-7-5(2)8(10)9-6(7)3/h13-15,32-33H,9-12H2,1-8H3,(H,34,36);6H,4H2,1-3H3,(H,9,10)/b25-14?,27-15?,28-13-;. The highest BCUT2D eigenvalue weighted by Gasteiger charge is 2.25. The third kappa shape index (κ3) is 6.83. The number of aromatic nitrogens is 2. The van der Waals surface area contributed by atoms with Crippen LogP contribution < -0.4 is 21.3 Å². The zero-order valence-corrected chi connectivity index (χ0v) is 30.0. The van der Waals surface area contributed by atoms with E-state index in [4.69, 9.17) is 0 Å². The third-order valence-electron chi connectivity index (χ3n) is 9.92. The van der Waals surface area contributed by atoms with E-state index in [1.165, 1.54) is 27.8 Å². The molecule has 0 aliphatic carbocycles. The lowest BCUT2D eigenvalue weighted by Gasteiger charge is -2.05. The molecule has 4 N–H and O–H groups in total. The Kier molecular flexibility index (Phi) is 10.9. The van der Waals surface area contributed by atoms with Crippen molar-refractivity contribution in [1.29, 1.82) is 0 Å². The van der Waals surface area contributed by atoms with Crippen molar-refractivity contribution in [2.45, 2.75) is 114 Å². The summed E-state index contributed by atoms with van der Waals surface area (Å²) in [6.07, 6.45) is 10.6. The molecular weight excluding hydrogens is 586 g/mol. The van der Waals surface area contributed by atoms with Crippen LogP contribution in [0.4, 0.5) is 0 Å². The molecule has 0 radical (unpaired) electrons. The molecule has 5 heterocycles. The minimum atomic E-state index is -0.138. The number of rotatable bonds is 8. The summed E-state index contributed by atoms with van der Waals surface area (Å²) in [5.41, 5.74) is 14.4. The van der Waals surface area contributed by atoms with Crippen molar-refractivity contribution in [3.63, 3.8) is 0 Å². The molecule has 250 valence electrons. The molecule has 47 heavy (non-hydrogen) atoms. The predicted octanol–water partition coefficient (Wildman–Crippen LogP) is 5.83. The molecule has 0 bridgehead atoms. The van der Waals surface area contributed by atoms with Crippen molar-refractivity contribution in [2.75, 3.05) is 0 Å². The highest BCUT2D eigenvalue weighted by Crippen LogP contribution is 2.28. The average molecular weight is 638 g/mol. The predicted molar refractivity (Wildman–Crippen MR) is 192 cm³/mol. The molecule has 0 saturated heterocycles. The summed E-state index contributed by atoms with van der Waals surface area (Å²) in [4.78, 5) is 46.9. The summed E-state index contributed by atoms with van der Waals surface area (Å²) in [6, 6.07) is 0.262. The van der Waals surface area contributed by atoms with Gasteiger partial charge in [0.05, 0.1) is 5.71 Å². The van der Waals surface area contributed by atoms with E-state index in [1.807, 2.05) is 33.8 Å². The maximum absolute atomic E-state index is 12.2. The third-order valence-corrected chi connectivity index (χ3v) is 9.92. The second kappa shape index (κ2) is 14.5. The van der Waals surface area contributed by atoms with Gasteiger partial charge in [-0.1, -0.05) is 34.6 Å². The number of allylic oxidation sites excluding steroid dienone is 2. The quantitative estimate of drug-likeness (QED) is 0.292. The summed E-state index contributed by atoms with van der Waals surface area (Å²) >= 11 is 0. The number of aliphatic imine (C=N–C) groups is 1. The number of nitrogens with zero attached hydrogens (tertiary/aromatic N) is 1. The van der Waals surface area contributed by atoms with Crippen LogP contribution in [0.25, 0.3) is 18.2 Å². The fourth-order valence-electron chi connectivity index (χ4n) is 7.02. The van der Waals surface area contributed by atoms with Crippen LogP contribution >= 0.6 is 0 Å². The van der Waals surface area contributed by atoms with Crippen molar-refractivity contribution in [3.05, 3.63) is 83.5 Å². The number of hydrogen-bond donors (Lipinski definition) is 4. The van der Waals surface area contributed by atoms with Crippen molar-refractivity contribution in [3.8, 4) is 0 Å². The Morgan fingerprint density at radius 2 is 1.30 bits per heavy atom. The lowest BCUT2D eigenvalue weighted by molar-refractivity contribution is -0.117. The van der Waals surface area contributed by atoms with Crippen molar-refractivity contribution in [1.82, 2.24) is 20.6 Å². The van der Waals surface area contributed by atoms with E-state index in [-0.39, 0.29) is 23.8 Å². The van der Waals surface area contributed by atoms with Crippen LogP contribution in [-0.4, -0.2) is 39.4 Å². The Bertz CT molecular complexity index is 1920. The molecule has 2 aromatic heterocycles. The highest BCUT2D eigenvalue weighted by atomic mass is 16.2. The van der Waals surface area contributed by atoms with E-state index in [0.717, 1.165) is 93.5 Å². The van der Waals surface area contributed by atoms with E-state index < -0.39 is 0 Å². The first kappa shape index (κ1) is 35.4. The Labute approximate surface area is 279 Å². The normalized spacial score (nSPS) is 19.8. The first-order chi connectivity index (χ1) is 22.3. The molecular formula is C39H51N5O3. The van der Waals surface area contributed by atoms with Gasteiger partial charge in [-0.3, -0.25) is 14.4 Å². The van der Waals surface area contributed by atoms with Gasteiger partial charge in [-0.05, 0) is 131 Å². The highest BCUT2D eigenvalue weighted by molar-refractivity contribution is 6.30. The van der Waals surface area contributed by atoms with Crippen LogP contribution in [0.15, 0.2) is 44.1 Å². The summed E-state index contributed by atoms with van der Waals surface area (Å²) in [5, 5.41) is 7.92. The second-order valence-corrected chi connectivity index (χ2v) is 12.5. The van der Waals surface area contributed by atoms with Gasteiger partial charge in [0, 0.05) is 50.5 Å². The fourth-order valence-corrected chi connectivity index (χ4v) is 7.02. The van der Waals surface area contributed by atoms with E-state index in [1.54, 1.807) is 0 Å². The SMILES string of the molecule is CCC1=C(C)C(=O)N=C1C=c1[nH]c(=Cc2[nH]c(/C=C3\NC(=O)C(C)=C3CC)c(C)c2CC)c(CC)c1C.CCC1=C(C)C(=O)NC1C. The fraction of sp³-hybridized carbons (Fsp3) is 0.436. The summed E-state index contributed by atoms with van der Waals surface area (Å²) in [6.45, 7) is 22.4. The Morgan fingerprint density at radius 3 is 1.83 bits per heavy atom. The van der Waals surface area contributed by atoms with Gasteiger partial charge in [-0.2, -0.15) is 0 Å². The average Bonchev–Trinajstić information content (AvgIpc) is 3.75. The molecule has 1 atom stereocenters. The number of amides is 3. The van der Waals surface area contributed by atoms with E-state index in [9.17, 15) is 14.4 Å². The zero-order chi connectivity index (χ0) is 34.7. The van der Waals surface area contributed by atoms with Gasteiger partial charge in [0.15, 0.2) is 0 Å². The maximum Gasteiger partial charge on any atom is 0.273 e. The molecule has 3 aliphatic heterocycles. The molecule has 0 saturated carbocycles. The van der Waals surface area contributed by atoms with Gasteiger partial charge in [-0.25, -0.2) is 4.99 Å². The molecule has 8 nitrogen and oxygen atoms in total. The molecule has 8 heteroatoms. The summed E-state index contributed by atoms with van der Waals surface area (Å²) in [5.74, 6) is -0.0529. The van der Waals surface area contributed by atoms with E-state index >= 15 is 0 Å². The van der Waals surface area contributed by atoms with Gasteiger partial charge in [0.25, 0.3) is 11.8 Å². The topological polar surface area (TPSA) is 119 Å². The largest absolute Gasteiger partial charge is 0.355 e. The van der Waals surface area contributed by atoms with Gasteiger partial charge in [-0.15, -0.1) is 0 Å². The van der Waals surface area contributed by atoms with Crippen LogP contribution in [0, 0.1) is 13.8 Å². The minimum absolute atomic E-state index is 0.0159. The molecule has 1 unspecified atom stereocenters. The maximum atomic E-state index is 12.2. The molecule has 0 fully saturated rings. The van der Waals surface area contributed by atoms with Crippen LogP contribution in [0.2, 0.25) is 0 Å². The van der Waals surface area contributed by atoms with Gasteiger partial charge in [0.1, 0.15) is 0 Å². The van der Waals surface area contributed by atoms with E-state index in [2.05, 4.69) is 86.2 Å². The first-order valence-electron chi connectivity index (χ1n) is 17.0. The van der Waals surface area contributed by atoms with Crippen molar-refractivity contribution >= 4 is 41.7 Å². The molecule has 3 amide bonds. The molecule has 0 spiro atoms. The summed E-state index contributed by atoms with van der Waals surface area (Å²) in [7, 11) is 0. The number of carbonyl (C=O) groups excluding carboxylic acids is 3. The number of H-pyrrole nitrogens is 2. The first-order valence-corrected chi connectivity index (χ1v) is 17.0. The van der Waals surface area contributed by atoms with Crippen LogP contribution in [0.1, 0.15) is 115 Å². The number of hydrogen-bond acceptors (Lipinski definition) is 3. The lowest BCUT2D eigenvalue weighted by atomic mass is 10.0. The molecule has 0 aromatic carbocycles. The van der Waals surface area contributed by atoms with Crippen LogP contribution in [0.5, 0.6) is 0 Å². The van der Waals surface area contributed by atoms with Crippen molar-refractivity contribution < 1.29 is 14.4 Å². The second-order valence-electron chi connectivity index (χ2n) is 12.5. The molecule has 5 rings (SSSR count). The minimum Gasteiger partial charge on any atom is -0.355 e. The van der Waals surface area contributed by atoms with Gasteiger partial charge in [0.2, 0.25) is 5.91 Å². The molecule has 2 aromatic rings. The smallest absolute Gasteiger partial charge is 0.273 e. The Hall–Kier alpha value is -4.46. The number of nitrogens with one attached hydrogen (secondary N) is 4. The Morgan fingerprint density at radius 1 is 0.638 bits per heavy atom. The van der Waals surface area contributed by atoms with Gasteiger partial charge >= 0.3 is 0 Å².